The lowest BCUT2D eigenvalue weighted by Gasteiger charge is -2.13. The van der Waals surface area contributed by atoms with E-state index in [1.165, 1.54) is 12.1 Å². The zero-order valence-electron chi connectivity index (χ0n) is 15.5. The maximum Gasteiger partial charge on any atom is 0.421 e. The molecule has 0 unspecified atom stereocenters. The van der Waals surface area contributed by atoms with E-state index in [4.69, 9.17) is 0 Å². The van der Waals surface area contributed by atoms with Crippen LogP contribution >= 0.6 is 0 Å². The minimum absolute atomic E-state index is 0.140. The molecule has 9 heteroatoms. The number of sulfone groups is 1. The third-order valence-electron chi connectivity index (χ3n) is 4.70. The highest BCUT2D eigenvalue weighted by Crippen LogP contribution is 2.34. The molecule has 0 spiro atoms. The van der Waals surface area contributed by atoms with Crippen molar-refractivity contribution in [3.8, 4) is 0 Å². The smallest absolute Gasteiger partial charge is 0.396 e. The van der Waals surface area contributed by atoms with Crippen molar-refractivity contribution in [3.63, 3.8) is 0 Å². The summed E-state index contributed by atoms with van der Waals surface area (Å²) < 4.78 is 63.3. The highest BCUT2D eigenvalue weighted by Gasteiger charge is 2.37. The number of hydrogen-bond acceptors (Lipinski definition) is 4. The van der Waals surface area contributed by atoms with E-state index in [2.05, 4.69) is 4.98 Å². The highest BCUT2D eigenvalue weighted by molar-refractivity contribution is 7.92. The number of nitrogens with one attached hydrogen (secondary N) is 1. The molecule has 0 bridgehead atoms. The van der Waals surface area contributed by atoms with Crippen LogP contribution < -0.4 is 5.56 Å². The van der Waals surface area contributed by atoms with Gasteiger partial charge in [0, 0.05) is 17.9 Å². The van der Waals surface area contributed by atoms with E-state index in [-0.39, 0.29) is 28.4 Å². The zero-order valence-corrected chi connectivity index (χ0v) is 16.3. The summed E-state index contributed by atoms with van der Waals surface area (Å²) in [6.45, 7) is 1.50. The topological polar surface area (TPSA) is 87.2 Å². The fourth-order valence-electron chi connectivity index (χ4n) is 2.93. The molecule has 1 atom stereocenters. The number of benzene rings is 1. The first-order valence-corrected chi connectivity index (χ1v) is 10.6. The number of aromatic amines is 1. The van der Waals surface area contributed by atoms with Crippen LogP contribution in [-0.2, 0) is 16.0 Å². The molecule has 0 aliphatic heterocycles. The summed E-state index contributed by atoms with van der Waals surface area (Å²) in [5.74, 6) is -0.342. The second-order valence-electron chi connectivity index (χ2n) is 7.12. The molecule has 2 aromatic rings. The SMILES string of the molecule is C[C@H](/C=C(\c1ccc(S(=O)(=O)C2CC2)cc1)c1ccc(C(F)(F)F)c(=O)[nH]1)CO. The number of halogens is 3. The van der Waals surface area contributed by atoms with E-state index in [0.717, 1.165) is 6.07 Å². The number of pyridine rings is 1. The Bertz CT molecular complexity index is 1080. The average Bonchev–Trinajstić information content (AvgIpc) is 3.50. The third-order valence-corrected chi connectivity index (χ3v) is 6.98. The molecule has 1 aliphatic carbocycles. The Morgan fingerprint density at radius 3 is 2.31 bits per heavy atom. The molecule has 3 rings (SSSR count). The lowest BCUT2D eigenvalue weighted by molar-refractivity contribution is -0.138. The summed E-state index contributed by atoms with van der Waals surface area (Å²) in [6.07, 6.45) is -1.89. The molecular formula is C20H20F3NO4S. The van der Waals surface area contributed by atoms with Gasteiger partial charge in [0.15, 0.2) is 9.84 Å². The van der Waals surface area contributed by atoms with Gasteiger partial charge in [0.05, 0.1) is 10.1 Å². The second-order valence-corrected chi connectivity index (χ2v) is 9.35. The van der Waals surface area contributed by atoms with Crippen LogP contribution in [0.3, 0.4) is 0 Å². The zero-order chi connectivity index (χ0) is 21.4. The number of H-pyrrole nitrogens is 1. The molecule has 1 aliphatic rings. The Morgan fingerprint density at radius 1 is 1.21 bits per heavy atom. The Balaban J connectivity index is 2.04. The van der Waals surface area contributed by atoms with Gasteiger partial charge in [-0.05, 0) is 48.6 Å². The van der Waals surface area contributed by atoms with Crippen LogP contribution in [0.15, 0.2) is 52.2 Å². The van der Waals surface area contributed by atoms with Crippen molar-refractivity contribution >= 4 is 15.4 Å². The molecule has 0 amide bonds. The van der Waals surface area contributed by atoms with Crippen molar-refractivity contribution in [2.75, 3.05) is 6.61 Å². The first kappa shape index (κ1) is 21.3. The van der Waals surface area contributed by atoms with Crippen LogP contribution in [-0.4, -0.2) is 30.4 Å². The van der Waals surface area contributed by atoms with Crippen molar-refractivity contribution in [3.05, 3.63) is 69.6 Å². The number of aromatic nitrogens is 1. The largest absolute Gasteiger partial charge is 0.421 e. The van der Waals surface area contributed by atoms with Gasteiger partial charge in [-0.1, -0.05) is 25.1 Å². The summed E-state index contributed by atoms with van der Waals surface area (Å²) in [5, 5.41) is 9.00. The number of hydrogen-bond donors (Lipinski definition) is 2. The molecule has 29 heavy (non-hydrogen) atoms. The maximum absolute atomic E-state index is 12.9. The van der Waals surface area contributed by atoms with E-state index >= 15 is 0 Å². The molecule has 156 valence electrons. The highest BCUT2D eigenvalue weighted by atomic mass is 32.2. The van der Waals surface area contributed by atoms with Crippen molar-refractivity contribution < 1.29 is 26.7 Å². The molecule has 1 aromatic carbocycles. The Kier molecular flexibility index (Phi) is 5.73. The van der Waals surface area contributed by atoms with Crippen LogP contribution in [0.25, 0.3) is 5.57 Å². The minimum Gasteiger partial charge on any atom is -0.396 e. The summed E-state index contributed by atoms with van der Waals surface area (Å²) >= 11 is 0. The first-order chi connectivity index (χ1) is 13.5. The van der Waals surface area contributed by atoms with Gasteiger partial charge >= 0.3 is 6.18 Å². The molecule has 1 saturated carbocycles. The molecule has 0 radical (unpaired) electrons. The lowest BCUT2D eigenvalue weighted by atomic mass is 9.97. The minimum atomic E-state index is -4.77. The van der Waals surface area contributed by atoms with E-state index in [0.29, 0.717) is 30.0 Å². The maximum atomic E-state index is 12.9. The number of alkyl halides is 3. The number of aliphatic hydroxyl groups excluding tert-OH is 1. The summed E-state index contributed by atoms with van der Waals surface area (Å²) in [5.41, 5.74) is -1.53. The fraction of sp³-hybridized carbons (Fsp3) is 0.350. The van der Waals surface area contributed by atoms with E-state index < -0.39 is 27.1 Å². The Morgan fingerprint density at radius 2 is 1.83 bits per heavy atom. The molecule has 1 aromatic heterocycles. The summed E-state index contributed by atoms with van der Waals surface area (Å²) in [7, 11) is -3.37. The van der Waals surface area contributed by atoms with Gasteiger partial charge in [0.2, 0.25) is 0 Å². The van der Waals surface area contributed by atoms with Crippen LogP contribution in [0.5, 0.6) is 0 Å². The number of rotatable bonds is 6. The van der Waals surface area contributed by atoms with Gasteiger partial charge < -0.3 is 10.1 Å². The van der Waals surface area contributed by atoms with Crippen LogP contribution in [0.4, 0.5) is 13.2 Å². The van der Waals surface area contributed by atoms with Gasteiger partial charge in [-0.3, -0.25) is 4.79 Å². The second kappa shape index (κ2) is 7.79. The van der Waals surface area contributed by atoms with E-state index in [1.807, 2.05) is 0 Å². The fourth-order valence-corrected chi connectivity index (χ4v) is 4.58. The molecule has 1 fully saturated rings. The normalized spacial score (nSPS) is 16.7. The summed E-state index contributed by atoms with van der Waals surface area (Å²) in [4.78, 5) is 14.3. The molecule has 0 saturated heterocycles. The van der Waals surface area contributed by atoms with Gasteiger partial charge in [-0.25, -0.2) is 8.42 Å². The van der Waals surface area contributed by atoms with Crippen molar-refractivity contribution in [2.45, 2.75) is 36.1 Å². The first-order valence-electron chi connectivity index (χ1n) is 9.02. The molecular weight excluding hydrogens is 407 g/mol. The van der Waals surface area contributed by atoms with Crippen molar-refractivity contribution in [2.24, 2.45) is 5.92 Å². The predicted octanol–water partition coefficient (Wildman–Crippen LogP) is 3.39. The average molecular weight is 427 g/mol. The van der Waals surface area contributed by atoms with Gasteiger partial charge in [-0.15, -0.1) is 0 Å². The lowest BCUT2D eigenvalue weighted by Crippen LogP contribution is -2.22. The molecule has 5 nitrogen and oxygen atoms in total. The Labute approximate surface area is 165 Å². The predicted molar refractivity (Wildman–Crippen MR) is 102 cm³/mol. The van der Waals surface area contributed by atoms with E-state index in [9.17, 15) is 31.5 Å². The molecule has 2 N–H and O–H groups in total. The van der Waals surface area contributed by atoms with E-state index in [1.54, 1.807) is 25.1 Å². The van der Waals surface area contributed by atoms with Crippen LogP contribution in [0.2, 0.25) is 0 Å². The van der Waals surface area contributed by atoms with Gasteiger partial charge in [0.25, 0.3) is 5.56 Å². The van der Waals surface area contributed by atoms with Crippen molar-refractivity contribution in [1.82, 2.24) is 4.98 Å². The van der Waals surface area contributed by atoms with Crippen LogP contribution in [0, 0.1) is 5.92 Å². The van der Waals surface area contributed by atoms with Gasteiger partial charge in [-0.2, -0.15) is 13.2 Å². The van der Waals surface area contributed by atoms with Crippen molar-refractivity contribution in [1.29, 1.82) is 0 Å². The number of aliphatic hydroxyl groups is 1. The third kappa shape index (κ3) is 4.62. The van der Waals surface area contributed by atoms with Crippen LogP contribution in [0.1, 0.15) is 36.6 Å². The summed E-state index contributed by atoms with van der Waals surface area (Å²) in [6, 6.07) is 7.83. The standard InChI is InChI=1S/C20H20F3NO4S/c1-12(11-25)10-16(18-9-8-17(19(26)24-18)20(21,22)23)13-2-4-14(5-3-13)29(27,28)15-6-7-15/h2-5,8-10,12,15,25H,6-7,11H2,1H3,(H,24,26)/b16-10+/t12-/m1/s1. The monoisotopic (exact) mass is 427 g/mol. The quantitative estimate of drug-likeness (QED) is 0.740. The Hall–Kier alpha value is -2.39. The molecule has 1 heterocycles. The van der Waals surface area contributed by atoms with Gasteiger partial charge in [0.1, 0.15) is 5.56 Å².